The van der Waals surface area contributed by atoms with Crippen molar-refractivity contribution in [2.75, 3.05) is 6.54 Å². The lowest BCUT2D eigenvalue weighted by Crippen LogP contribution is -2.25. The lowest BCUT2D eigenvalue weighted by molar-refractivity contribution is 0.0950. The molecule has 1 amide bonds. The second-order valence-electron chi connectivity index (χ2n) is 5.86. The molecule has 4 heteroatoms. The van der Waals surface area contributed by atoms with Gasteiger partial charge in [-0.3, -0.25) is 4.79 Å². The number of amides is 1. The van der Waals surface area contributed by atoms with E-state index >= 15 is 0 Å². The van der Waals surface area contributed by atoms with E-state index in [1.54, 1.807) is 6.07 Å². The van der Waals surface area contributed by atoms with Crippen LogP contribution in [0.15, 0.2) is 42.5 Å². The third-order valence-electron chi connectivity index (χ3n) is 3.92. The lowest BCUT2D eigenvalue weighted by Gasteiger charge is -2.04. The average molecular weight is 310 g/mol. The molecule has 0 aliphatic carbocycles. The van der Waals surface area contributed by atoms with Gasteiger partial charge in [0.15, 0.2) is 0 Å². The molecule has 0 saturated heterocycles. The van der Waals surface area contributed by atoms with Crippen LogP contribution in [0.4, 0.5) is 4.39 Å². The highest BCUT2D eigenvalue weighted by molar-refractivity contribution is 5.98. The third kappa shape index (κ3) is 3.42. The number of aromatic nitrogens is 1. The van der Waals surface area contributed by atoms with Gasteiger partial charge >= 0.3 is 0 Å². The number of rotatable bonds is 4. The van der Waals surface area contributed by atoms with E-state index in [0.717, 1.165) is 27.6 Å². The van der Waals surface area contributed by atoms with Crippen molar-refractivity contribution in [3.63, 3.8) is 0 Å². The topological polar surface area (TPSA) is 44.9 Å². The summed E-state index contributed by atoms with van der Waals surface area (Å²) >= 11 is 0. The maximum absolute atomic E-state index is 13.1. The van der Waals surface area contributed by atoms with Crippen LogP contribution in [0, 0.1) is 19.7 Å². The van der Waals surface area contributed by atoms with Crippen molar-refractivity contribution in [3.05, 3.63) is 70.7 Å². The monoisotopic (exact) mass is 310 g/mol. The van der Waals surface area contributed by atoms with Gasteiger partial charge < -0.3 is 10.3 Å². The van der Waals surface area contributed by atoms with Gasteiger partial charge in [0.2, 0.25) is 0 Å². The first-order valence-electron chi connectivity index (χ1n) is 7.65. The number of aryl methyl sites for hydroxylation is 2. The molecule has 0 radical (unpaired) electrons. The molecule has 23 heavy (non-hydrogen) atoms. The first kappa shape index (κ1) is 15.3. The quantitative estimate of drug-likeness (QED) is 0.754. The van der Waals surface area contributed by atoms with E-state index in [0.29, 0.717) is 18.7 Å². The molecule has 0 unspecified atom stereocenters. The molecule has 3 rings (SSSR count). The van der Waals surface area contributed by atoms with E-state index in [1.165, 1.54) is 12.1 Å². The summed E-state index contributed by atoms with van der Waals surface area (Å²) in [5, 5.41) is 3.93. The fraction of sp³-hybridized carbons (Fsp3) is 0.211. The molecule has 118 valence electrons. The Morgan fingerprint density at radius 2 is 2.00 bits per heavy atom. The van der Waals surface area contributed by atoms with Crippen molar-refractivity contribution in [1.82, 2.24) is 10.3 Å². The van der Waals surface area contributed by atoms with Crippen LogP contribution in [-0.4, -0.2) is 17.4 Å². The van der Waals surface area contributed by atoms with Gasteiger partial charge in [0.1, 0.15) is 11.5 Å². The Balaban J connectivity index is 1.67. The van der Waals surface area contributed by atoms with E-state index in [-0.39, 0.29) is 11.7 Å². The van der Waals surface area contributed by atoms with Crippen LogP contribution >= 0.6 is 0 Å². The minimum Gasteiger partial charge on any atom is -0.351 e. The molecule has 3 aromatic rings. The van der Waals surface area contributed by atoms with Crippen molar-refractivity contribution in [2.24, 2.45) is 0 Å². The lowest BCUT2D eigenvalue weighted by atomic mass is 10.1. The maximum Gasteiger partial charge on any atom is 0.267 e. The maximum atomic E-state index is 13.1. The summed E-state index contributed by atoms with van der Waals surface area (Å²) in [7, 11) is 0. The van der Waals surface area contributed by atoms with Crippen molar-refractivity contribution in [3.8, 4) is 0 Å². The SMILES string of the molecule is Cc1cc(C)c2cc(C(=O)NCCc3cccc(F)c3)[nH]c2c1. The van der Waals surface area contributed by atoms with Crippen LogP contribution in [0.3, 0.4) is 0 Å². The normalized spacial score (nSPS) is 10.9. The molecular formula is C19H19FN2O. The summed E-state index contributed by atoms with van der Waals surface area (Å²) in [4.78, 5) is 15.4. The van der Waals surface area contributed by atoms with Crippen LogP contribution in [0.5, 0.6) is 0 Å². The predicted octanol–water partition coefficient (Wildman–Crippen LogP) is 3.90. The van der Waals surface area contributed by atoms with Gasteiger partial charge in [-0.2, -0.15) is 0 Å². The minimum atomic E-state index is -0.254. The van der Waals surface area contributed by atoms with Gasteiger partial charge in [-0.1, -0.05) is 18.2 Å². The fourth-order valence-corrected chi connectivity index (χ4v) is 2.83. The van der Waals surface area contributed by atoms with E-state index in [2.05, 4.69) is 16.4 Å². The smallest absolute Gasteiger partial charge is 0.267 e. The largest absolute Gasteiger partial charge is 0.351 e. The molecular weight excluding hydrogens is 291 g/mol. The third-order valence-corrected chi connectivity index (χ3v) is 3.92. The molecule has 3 nitrogen and oxygen atoms in total. The molecule has 0 aliphatic heterocycles. The second-order valence-corrected chi connectivity index (χ2v) is 5.86. The number of benzene rings is 2. The van der Waals surface area contributed by atoms with Gasteiger partial charge in [0.25, 0.3) is 5.91 Å². The van der Waals surface area contributed by atoms with Crippen molar-refractivity contribution in [2.45, 2.75) is 20.3 Å². The summed E-state index contributed by atoms with van der Waals surface area (Å²) in [6.45, 7) is 4.54. The molecule has 1 heterocycles. The van der Waals surface area contributed by atoms with Gasteiger partial charge in [0, 0.05) is 17.4 Å². The van der Waals surface area contributed by atoms with E-state index in [1.807, 2.05) is 32.0 Å². The molecule has 0 bridgehead atoms. The highest BCUT2D eigenvalue weighted by Crippen LogP contribution is 2.21. The first-order chi connectivity index (χ1) is 11.0. The van der Waals surface area contributed by atoms with Crippen LogP contribution < -0.4 is 5.32 Å². The average Bonchev–Trinajstić information content (AvgIpc) is 2.91. The highest BCUT2D eigenvalue weighted by atomic mass is 19.1. The molecule has 2 N–H and O–H groups in total. The first-order valence-corrected chi connectivity index (χ1v) is 7.65. The van der Waals surface area contributed by atoms with E-state index < -0.39 is 0 Å². The van der Waals surface area contributed by atoms with Crippen molar-refractivity contribution < 1.29 is 9.18 Å². The van der Waals surface area contributed by atoms with E-state index in [9.17, 15) is 9.18 Å². The number of halogens is 1. The number of hydrogen-bond acceptors (Lipinski definition) is 1. The summed E-state index contributed by atoms with van der Waals surface area (Å²) < 4.78 is 13.1. The van der Waals surface area contributed by atoms with Gasteiger partial charge in [-0.05, 0) is 61.2 Å². The Hall–Kier alpha value is -2.62. The second kappa shape index (κ2) is 6.24. The summed E-state index contributed by atoms with van der Waals surface area (Å²) in [6, 6.07) is 12.4. The summed E-state index contributed by atoms with van der Waals surface area (Å²) in [6.07, 6.45) is 0.599. The molecule has 0 saturated carbocycles. The molecule has 2 aromatic carbocycles. The predicted molar refractivity (Wildman–Crippen MR) is 90.2 cm³/mol. The number of aromatic amines is 1. The van der Waals surface area contributed by atoms with Crippen LogP contribution in [0.2, 0.25) is 0 Å². The van der Waals surface area contributed by atoms with E-state index in [4.69, 9.17) is 0 Å². The number of fused-ring (bicyclic) bond motifs is 1. The molecule has 0 spiro atoms. The Morgan fingerprint density at radius 1 is 1.17 bits per heavy atom. The standard InChI is InChI=1S/C19H19FN2O/c1-12-8-13(2)16-11-18(22-17(16)9-12)19(23)21-7-6-14-4-3-5-15(20)10-14/h3-5,8-11,22H,6-7H2,1-2H3,(H,21,23). The molecule has 1 aromatic heterocycles. The zero-order chi connectivity index (χ0) is 16.4. The summed E-state index contributed by atoms with van der Waals surface area (Å²) in [5.74, 6) is -0.398. The summed E-state index contributed by atoms with van der Waals surface area (Å²) in [5.41, 5.74) is 4.70. The zero-order valence-electron chi connectivity index (χ0n) is 13.2. The number of carbonyl (C=O) groups excluding carboxylic acids is 1. The number of nitrogens with one attached hydrogen (secondary N) is 2. The van der Waals surface area contributed by atoms with Crippen LogP contribution in [0.1, 0.15) is 27.2 Å². The Labute approximate surface area is 134 Å². The molecule has 0 atom stereocenters. The molecule has 0 aliphatic rings. The van der Waals surface area contributed by atoms with Crippen LogP contribution in [0.25, 0.3) is 10.9 Å². The number of hydrogen-bond donors (Lipinski definition) is 2. The molecule has 0 fully saturated rings. The van der Waals surface area contributed by atoms with Gasteiger partial charge in [0.05, 0.1) is 0 Å². The Kier molecular flexibility index (Phi) is 4.15. The zero-order valence-corrected chi connectivity index (χ0v) is 13.2. The number of H-pyrrole nitrogens is 1. The Bertz CT molecular complexity index is 867. The van der Waals surface area contributed by atoms with Gasteiger partial charge in [-0.15, -0.1) is 0 Å². The fourth-order valence-electron chi connectivity index (χ4n) is 2.83. The van der Waals surface area contributed by atoms with Gasteiger partial charge in [-0.25, -0.2) is 4.39 Å². The minimum absolute atomic E-state index is 0.144. The highest BCUT2D eigenvalue weighted by Gasteiger charge is 2.10. The van der Waals surface area contributed by atoms with Crippen molar-refractivity contribution in [1.29, 1.82) is 0 Å². The number of carbonyl (C=O) groups is 1. The Morgan fingerprint density at radius 3 is 2.78 bits per heavy atom. The van der Waals surface area contributed by atoms with Crippen LogP contribution in [-0.2, 0) is 6.42 Å². The van der Waals surface area contributed by atoms with Crippen molar-refractivity contribution >= 4 is 16.8 Å².